The third-order valence-electron chi connectivity index (χ3n) is 3.77. The molecule has 27 heavy (non-hydrogen) atoms. The molecule has 2 N–H and O–H groups in total. The molecule has 0 aromatic heterocycles. The molecule has 0 unspecified atom stereocenters. The number of anilines is 1. The van der Waals surface area contributed by atoms with Gasteiger partial charge in [0, 0.05) is 18.3 Å². The van der Waals surface area contributed by atoms with Crippen LogP contribution in [-0.4, -0.2) is 37.2 Å². The molecule has 0 spiro atoms. The summed E-state index contributed by atoms with van der Waals surface area (Å²) in [6, 6.07) is 9.64. The maximum Gasteiger partial charge on any atom is 0.325 e. The van der Waals surface area contributed by atoms with Crippen LogP contribution in [0, 0.1) is 0 Å². The molecule has 3 rings (SSSR count). The number of urea groups is 1. The van der Waals surface area contributed by atoms with Gasteiger partial charge in [0.15, 0.2) is 11.5 Å². The summed E-state index contributed by atoms with van der Waals surface area (Å²) in [5.74, 6) is 0.699. The second kappa shape index (κ2) is 8.47. The van der Waals surface area contributed by atoms with Crippen molar-refractivity contribution in [2.45, 2.75) is 6.54 Å². The Kier molecular flexibility index (Phi) is 6.05. The fourth-order valence-electron chi connectivity index (χ4n) is 2.57. The molecule has 9 heteroatoms. The van der Waals surface area contributed by atoms with Gasteiger partial charge < -0.3 is 14.8 Å². The van der Waals surface area contributed by atoms with Gasteiger partial charge in [-0.25, -0.2) is 4.79 Å². The summed E-state index contributed by atoms with van der Waals surface area (Å²) in [4.78, 5) is 25.8. The minimum atomic E-state index is -0.631. The number of likely N-dealkylation sites (N-methyl/N-ethyl adjacent to an activating group) is 1. The van der Waals surface area contributed by atoms with Crippen LogP contribution in [0.15, 0.2) is 36.4 Å². The zero-order valence-corrected chi connectivity index (χ0v) is 15.9. The maximum absolute atomic E-state index is 12.1. The first kappa shape index (κ1) is 19.3. The monoisotopic (exact) mass is 409 g/mol. The standard InChI is InChI=1S/C18H17Cl2N3O4/c1-23(8-11-3-2-4-13(19)17(11)20)9-16(24)22-18(25)21-12-5-6-14-15(7-12)27-10-26-14/h2-7H,8-10H2,1H3,(H2,21,22,24,25). The van der Waals surface area contributed by atoms with Gasteiger partial charge in [0.25, 0.3) is 0 Å². The SMILES string of the molecule is CN(CC(=O)NC(=O)Nc1ccc2c(c1)OCO2)Cc1cccc(Cl)c1Cl. The molecule has 2 aromatic rings. The number of ether oxygens (including phenoxy) is 2. The Balaban J connectivity index is 1.49. The molecule has 0 aliphatic carbocycles. The molecule has 2 aromatic carbocycles. The lowest BCUT2D eigenvalue weighted by Gasteiger charge is -2.17. The number of nitrogens with zero attached hydrogens (tertiary/aromatic N) is 1. The number of fused-ring (bicyclic) bond motifs is 1. The number of amides is 3. The number of carbonyl (C=O) groups is 2. The topological polar surface area (TPSA) is 79.9 Å². The molecular weight excluding hydrogens is 393 g/mol. The predicted molar refractivity (Wildman–Crippen MR) is 103 cm³/mol. The highest BCUT2D eigenvalue weighted by atomic mass is 35.5. The van der Waals surface area contributed by atoms with Crippen molar-refractivity contribution >= 4 is 40.8 Å². The molecule has 0 atom stereocenters. The lowest BCUT2D eigenvalue weighted by atomic mass is 10.2. The first-order valence-corrected chi connectivity index (χ1v) is 8.80. The third kappa shape index (κ3) is 5.03. The van der Waals surface area contributed by atoms with Crippen molar-refractivity contribution < 1.29 is 19.1 Å². The average Bonchev–Trinajstić information content (AvgIpc) is 3.06. The first-order valence-electron chi connectivity index (χ1n) is 8.04. The van der Waals surface area contributed by atoms with Crippen molar-refractivity contribution in [1.29, 1.82) is 0 Å². The number of carbonyl (C=O) groups excluding carboxylic acids is 2. The Hall–Kier alpha value is -2.48. The van der Waals surface area contributed by atoms with Crippen LogP contribution in [0.2, 0.25) is 10.0 Å². The van der Waals surface area contributed by atoms with Crippen LogP contribution < -0.4 is 20.1 Å². The van der Waals surface area contributed by atoms with Crippen LogP contribution in [0.3, 0.4) is 0 Å². The van der Waals surface area contributed by atoms with Crippen LogP contribution in [0.5, 0.6) is 11.5 Å². The van der Waals surface area contributed by atoms with E-state index in [1.165, 1.54) is 0 Å². The van der Waals surface area contributed by atoms with Gasteiger partial charge in [-0.3, -0.25) is 15.0 Å². The number of halogens is 2. The number of hydrogen-bond donors (Lipinski definition) is 2. The van der Waals surface area contributed by atoms with Gasteiger partial charge >= 0.3 is 6.03 Å². The Bertz CT molecular complexity index is 876. The van der Waals surface area contributed by atoms with E-state index in [1.807, 2.05) is 6.07 Å². The quantitative estimate of drug-likeness (QED) is 0.789. The highest BCUT2D eigenvalue weighted by molar-refractivity contribution is 6.42. The van der Waals surface area contributed by atoms with Gasteiger partial charge in [-0.15, -0.1) is 0 Å². The molecule has 0 saturated carbocycles. The van der Waals surface area contributed by atoms with Crippen molar-refractivity contribution in [1.82, 2.24) is 10.2 Å². The molecule has 1 aliphatic heterocycles. The fraction of sp³-hybridized carbons (Fsp3) is 0.222. The van der Waals surface area contributed by atoms with Crippen LogP contribution in [-0.2, 0) is 11.3 Å². The van der Waals surface area contributed by atoms with Crippen LogP contribution >= 0.6 is 23.2 Å². The molecule has 0 bridgehead atoms. The summed E-state index contributed by atoms with van der Waals surface area (Å²) in [6.45, 7) is 0.570. The van der Waals surface area contributed by atoms with Crippen molar-refractivity contribution in [2.24, 2.45) is 0 Å². The second-order valence-corrected chi connectivity index (χ2v) is 6.74. The fourth-order valence-corrected chi connectivity index (χ4v) is 2.95. The molecule has 7 nitrogen and oxygen atoms in total. The van der Waals surface area contributed by atoms with Gasteiger partial charge in [0.2, 0.25) is 12.7 Å². The Morgan fingerprint density at radius 2 is 1.93 bits per heavy atom. The highest BCUT2D eigenvalue weighted by Gasteiger charge is 2.16. The molecule has 1 aliphatic rings. The number of imide groups is 1. The average molecular weight is 410 g/mol. The summed E-state index contributed by atoms with van der Waals surface area (Å²) in [6.07, 6.45) is 0. The summed E-state index contributed by atoms with van der Waals surface area (Å²) in [7, 11) is 1.74. The van der Waals surface area contributed by atoms with E-state index in [2.05, 4.69) is 10.6 Å². The second-order valence-electron chi connectivity index (χ2n) is 5.96. The van der Waals surface area contributed by atoms with E-state index in [0.29, 0.717) is 33.8 Å². The predicted octanol–water partition coefficient (Wildman–Crippen LogP) is 3.50. The van der Waals surface area contributed by atoms with Gasteiger partial charge in [-0.05, 0) is 30.8 Å². The van der Waals surface area contributed by atoms with Crippen LogP contribution in [0.4, 0.5) is 10.5 Å². The van der Waals surface area contributed by atoms with Gasteiger partial charge in [0.1, 0.15) is 0 Å². The lowest BCUT2D eigenvalue weighted by Crippen LogP contribution is -2.40. The van der Waals surface area contributed by atoms with E-state index in [4.69, 9.17) is 32.7 Å². The van der Waals surface area contributed by atoms with Crippen molar-refractivity contribution in [3.8, 4) is 11.5 Å². The number of benzene rings is 2. The van der Waals surface area contributed by atoms with E-state index in [0.717, 1.165) is 5.56 Å². The van der Waals surface area contributed by atoms with E-state index in [9.17, 15) is 9.59 Å². The smallest absolute Gasteiger partial charge is 0.325 e. The molecule has 0 saturated heterocycles. The lowest BCUT2D eigenvalue weighted by molar-refractivity contribution is -0.120. The summed E-state index contributed by atoms with van der Waals surface area (Å²) < 4.78 is 10.4. The number of rotatable bonds is 5. The third-order valence-corrected chi connectivity index (χ3v) is 4.63. The molecule has 3 amide bonds. The largest absolute Gasteiger partial charge is 0.454 e. The summed E-state index contributed by atoms with van der Waals surface area (Å²) >= 11 is 12.1. The zero-order chi connectivity index (χ0) is 19.4. The first-order chi connectivity index (χ1) is 12.9. The molecule has 142 valence electrons. The van der Waals surface area contributed by atoms with E-state index < -0.39 is 11.9 Å². The molecular formula is C18H17Cl2N3O4. The molecule has 1 heterocycles. The normalized spacial score (nSPS) is 12.1. The van der Waals surface area contributed by atoms with Crippen molar-refractivity contribution in [3.05, 3.63) is 52.0 Å². The van der Waals surface area contributed by atoms with Crippen LogP contribution in [0.25, 0.3) is 0 Å². The Morgan fingerprint density at radius 3 is 2.74 bits per heavy atom. The number of nitrogens with one attached hydrogen (secondary N) is 2. The molecule has 0 fully saturated rings. The van der Waals surface area contributed by atoms with E-state index >= 15 is 0 Å². The number of hydrogen-bond acceptors (Lipinski definition) is 5. The minimum absolute atomic E-state index is 0.0113. The van der Waals surface area contributed by atoms with Gasteiger partial charge in [0.05, 0.1) is 16.6 Å². The van der Waals surface area contributed by atoms with E-state index in [1.54, 1.807) is 42.3 Å². The summed E-state index contributed by atoms with van der Waals surface area (Å²) in [5.41, 5.74) is 1.29. The highest BCUT2D eigenvalue weighted by Crippen LogP contribution is 2.34. The van der Waals surface area contributed by atoms with Gasteiger partial charge in [-0.1, -0.05) is 35.3 Å². The molecule has 0 radical (unpaired) electrons. The minimum Gasteiger partial charge on any atom is -0.454 e. The Labute approximate surface area is 166 Å². The van der Waals surface area contributed by atoms with Crippen molar-refractivity contribution in [2.75, 3.05) is 25.7 Å². The van der Waals surface area contributed by atoms with Crippen molar-refractivity contribution in [3.63, 3.8) is 0 Å². The Morgan fingerprint density at radius 1 is 1.15 bits per heavy atom. The van der Waals surface area contributed by atoms with E-state index in [-0.39, 0.29) is 13.3 Å². The zero-order valence-electron chi connectivity index (χ0n) is 14.4. The maximum atomic E-state index is 12.1. The van der Waals surface area contributed by atoms with Gasteiger partial charge in [-0.2, -0.15) is 0 Å². The summed E-state index contributed by atoms with van der Waals surface area (Å²) in [5, 5.41) is 5.76. The van der Waals surface area contributed by atoms with Crippen LogP contribution in [0.1, 0.15) is 5.56 Å².